The summed E-state index contributed by atoms with van der Waals surface area (Å²) in [5.74, 6) is -0.583. The number of aromatic nitrogens is 2. The third-order valence-electron chi connectivity index (χ3n) is 2.00. The molecular weight excluding hydrogens is 342 g/mol. The van der Waals surface area contributed by atoms with Crippen molar-refractivity contribution in [3.05, 3.63) is 44.9 Å². The molecule has 0 unspecified atom stereocenters. The normalized spacial score (nSPS) is 10.4. The van der Waals surface area contributed by atoms with Gasteiger partial charge in [-0.15, -0.1) is 0 Å². The van der Waals surface area contributed by atoms with Gasteiger partial charge in [-0.1, -0.05) is 11.6 Å². The minimum absolute atomic E-state index is 0.144. The average Bonchev–Trinajstić information content (AvgIpc) is 2.61. The molecule has 0 atom stereocenters. The zero-order chi connectivity index (χ0) is 11.7. The van der Waals surface area contributed by atoms with E-state index in [1.54, 1.807) is 24.4 Å². The van der Waals surface area contributed by atoms with Crippen LogP contribution in [0, 0.1) is 3.70 Å². The minimum Gasteiger partial charge on any atom is -0.477 e. The van der Waals surface area contributed by atoms with E-state index in [1.165, 1.54) is 10.6 Å². The highest BCUT2D eigenvalue weighted by Gasteiger charge is 2.16. The molecule has 2 aromatic rings. The fraction of sp³-hybridized carbons (Fsp3) is 0. The first-order valence-corrected chi connectivity index (χ1v) is 5.78. The first-order valence-electron chi connectivity index (χ1n) is 4.32. The van der Waals surface area contributed by atoms with Gasteiger partial charge in [-0.3, -0.25) is 4.57 Å². The van der Waals surface area contributed by atoms with Gasteiger partial charge in [-0.25, -0.2) is 9.78 Å². The Bertz CT molecular complexity index is 554. The lowest BCUT2D eigenvalue weighted by molar-refractivity contribution is 0.0688. The second-order valence-electron chi connectivity index (χ2n) is 2.99. The van der Waals surface area contributed by atoms with Crippen molar-refractivity contribution in [1.29, 1.82) is 0 Å². The zero-order valence-electron chi connectivity index (χ0n) is 7.89. The molecule has 2 aromatic heterocycles. The molecule has 0 fully saturated rings. The molecule has 0 radical (unpaired) electrons. The third kappa shape index (κ3) is 1.92. The smallest absolute Gasteiger partial charge is 0.352 e. The van der Waals surface area contributed by atoms with Gasteiger partial charge in [0.1, 0.15) is 5.69 Å². The standard InChI is InChI=1S/C10H6ClIN2O2/c11-6-2-1-5-13-9(6)14-7(10(15)16)3-4-8(14)12/h1-5H,(H,15,16). The maximum Gasteiger partial charge on any atom is 0.352 e. The number of pyridine rings is 1. The third-order valence-corrected chi connectivity index (χ3v) is 3.14. The summed E-state index contributed by atoms with van der Waals surface area (Å²) in [5, 5.41) is 9.45. The Labute approximate surface area is 110 Å². The summed E-state index contributed by atoms with van der Waals surface area (Å²) in [7, 11) is 0. The van der Waals surface area contributed by atoms with Crippen LogP contribution < -0.4 is 0 Å². The molecule has 0 aliphatic rings. The van der Waals surface area contributed by atoms with Crippen LogP contribution in [0.1, 0.15) is 10.5 Å². The number of hydrogen-bond acceptors (Lipinski definition) is 2. The van der Waals surface area contributed by atoms with Crippen molar-refractivity contribution in [3.8, 4) is 5.82 Å². The molecule has 0 aliphatic heterocycles. The van der Waals surface area contributed by atoms with Crippen LogP contribution in [0.25, 0.3) is 5.82 Å². The van der Waals surface area contributed by atoms with Gasteiger partial charge in [0.2, 0.25) is 0 Å². The van der Waals surface area contributed by atoms with Gasteiger partial charge in [0.05, 0.1) is 8.72 Å². The molecule has 82 valence electrons. The molecule has 0 spiro atoms. The summed E-state index contributed by atoms with van der Waals surface area (Å²) in [6.45, 7) is 0. The number of hydrogen-bond donors (Lipinski definition) is 1. The van der Waals surface area contributed by atoms with Crippen LogP contribution in [0.2, 0.25) is 5.02 Å². The van der Waals surface area contributed by atoms with Crippen LogP contribution >= 0.6 is 34.2 Å². The molecule has 16 heavy (non-hydrogen) atoms. The molecule has 0 saturated heterocycles. The van der Waals surface area contributed by atoms with Crippen molar-refractivity contribution < 1.29 is 9.90 Å². The number of carbonyl (C=O) groups is 1. The summed E-state index contributed by atoms with van der Waals surface area (Å²) < 4.78 is 2.25. The van der Waals surface area contributed by atoms with Gasteiger partial charge in [-0.2, -0.15) is 0 Å². The topological polar surface area (TPSA) is 55.1 Å². The zero-order valence-corrected chi connectivity index (χ0v) is 10.8. The van der Waals surface area contributed by atoms with Crippen LogP contribution in [0.15, 0.2) is 30.5 Å². The lowest BCUT2D eigenvalue weighted by Crippen LogP contribution is -2.09. The summed E-state index contributed by atoms with van der Waals surface area (Å²) >= 11 is 8.02. The molecule has 2 heterocycles. The van der Waals surface area contributed by atoms with Crippen LogP contribution in [-0.2, 0) is 0 Å². The molecule has 0 amide bonds. The monoisotopic (exact) mass is 348 g/mol. The molecule has 2 rings (SSSR count). The van der Waals surface area contributed by atoms with Gasteiger partial charge >= 0.3 is 5.97 Å². The highest BCUT2D eigenvalue weighted by atomic mass is 127. The highest BCUT2D eigenvalue weighted by molar-refractivity contribution is 14.1. The van der Waals surface area contributed by atoms with E-state index in [4.69, 9.17) is 16.7 Å². The summed E-state index contributed by atoms with van der Waals surface area (Å²) in [6.07, 6.45) is 1.57. The number of aromatic carboxylic acids is 1. The highest BCUT2D eigenvalue weighted by Crippen LogP contribution is 2.23. The Hall–Kier alpha value is -1.08. The van der Waals surface area contributed by atoms with Crippen molar-refractivity contribution in [2.45, 2.75) is 0 Å². The van der Waals surface area contributed by atoms with Crippen LogP contribution in [0.5, 0.6) is 0 Å². The largest absolute Gasteiger partial charge is 0.477 e. The van der Waals surface area contributed by atoms with Gasteiger partial charge in [0, 0.05) is 6.20 Å². The summed E-state index contributed by atoms with van der Waals surface area (Å²) in [4.78, 5) is 15.1. The van der Waals surface area contributed by atoms with Crippen molar-refractivity contribution in [3.63, 3.8) is 0 Å². The minimum atomic E-state index is -1.01. The molecular formula is C10H6ClIN2O2. The predicted molar refractivity (Wildman–Crippen MR) is 68.3 cm³/mol. The quantitative estimate of drug-likeness (QED) is 0.849. The number of carboxylic acids is 1. The van der Waals surface area contributed by atoms with Crippen molar-refractivity contribution in [1.82, 2.24) is 9.55 Å². The van der Waals surface area contributed by atoms with Gasteiger partial charge in [0.15, 0.2) is 5.82 Å². The number of rotatable bonds is 2. The predicted octanol–water partition coefficient (Wildman–Crippen LogP) is 2.83. The van der Waals surface area contributed by atoms with E-state index in [-0.39, 0.29) is 5.69 Å². The Morgan fingerprint density at radius 1 is 1.44 bits per heavy atom. The number of carboxylic acid groups (broad SMARTS) is 1. The molecule has 0 bridgehead atoms. The van der Waals surface area contributed by atoms with Crippen LogP contribution in [0.3, 0.4) is 0 Å². The maximum atomic E-state index is 11.0. The molecule has 0 aromatic carbocycles. The van der Waals surface area contributed by atoms with Crippen molar-refractivity contribution in [2.75, 3.05) is 0 Å². The number of halogens is 2. The average molecular weight is 349 g/mol. The van der Waals surface area contributed by atoms with E-state index in [1.807, 2.05) is 22.6 Å². The lowest BCUT2D eigenvalue weighted by atomic mass is 10.4. The number of nitrogens with zero attached hydrogens (tertiary/aromatic N) is 2. The summed E-state index contributed by atoms with van der Waals surface area (Å²) in [5.41, 5.74) is 0.144. The second-order valence-corrected chi connectivity index (χ2v) is 4.50. The molecule has 1 N–H and O–H groups in total. The Morgan fingerprint density at radius 2 is 2.19 bits per heavy atom. The van der Waals surface area contributed by atoms with Crippen molar-refractivity contribution in [2.24, 2.45) is 0 Å². The second kappa shape index (κ2) is 4.42. The SMILES string of the molecule is O=C(O)c1ccc(I)n1-c1ncccc1Cl. The molecule has 0 aliphatic carbocycles. The fourth-order valence-corrected chi connectivity index (χ4v) is 2.21. The first-order chi connectivity index (χ1) is 7.61. The van der Waals surface area contributed by atoms with Crippen LogP contribution in [-0.4, -0.2) is 20.6 Å². The molecule has 0 saturated carbocycles. The lowest BCUT2D eigenvalue weighted by Gasteiger charge is -2.08. The van der Waals surface area contributed by atoms with E-state index in [2.05, 4.69) is 4.98 Å². The Morgan fingerprint density at radius 3 is 2.81 bits per heavy atom. The molecule has 6 heteroatoms. The fourth-order valence-electron chi connectivity index (χ4n) is 1.34. The van der Waals surface area contributed by atoms with Gasteiger partial charge < -0.3 is 5.11 Å². The Balaban J connectivity index is 2.68. The van der Waals surface area contributed by atoms with E-state index >= 15 is 0 Å². The maximum absolute atomic E-state index is 11.0. The first kappa shape index (κ1) is 11.4. The van der Waals surface area contributed by atoms with E-state index in [9.17, 15) is 4.79 Å². The van der Waals surface area contributed by atoms with E-state index in [0.29, 0.717) is 10.8 Å². The van der Waals surface area contributed by atoms with Crippen molar-refractivity contribution >= 4 is 40.2 Å². The van der Waals surface area contributed by atoms with E-state index in [0.717, 1.165) is 3.70 Å². The van der Waals surface area contributed by atoms with Crippen LogP contribution in [0.4, 0.5) is 0 Å². The Kier molecular flexibility index (Phi) is 3.15. The van der Waals surface area contributed by atoms with E-state index < -0.39 is 5.97 Å². The molecule has 4 nitrogen and oxygen atoms in total. The summed E-state index contributed by atoms with van der Waals surface area (Å²) in [6, 6.07) is 6.60. The van der Waals surface area contributed by atoms with Gasteiger partial charge in [-0.05, 0) is 46.9 Å². The van der Waals surface area contributed by atoms with Gasteiger partial charge in [0.25, 0.3) is 0 Å².